The van der Waals surface area contributed by atoms with Gasteiger partial charge in [-0.1, -0.05) is 31.8 Å². The summed E-state index contributed by atoms with van der Waals surface area (Å²) >= 11 is 0. The fourth-order valence-corrected chi connectivity index (χ4v) is 3.35. The molecule has 0 fully saturated rings. The van der Waals surface area contributed by atoms with Gasteiger partial charge in [0.25, 0.3) is 0 Å². The van der Waals surface area contributed by atoms with Gasteiger partial charge in [-0.15, -0.1) is 0 Å². The van der Waals surface area contributed by atoms with Gasteiger partial charge in [0.1, 0.15) is 0 Å². The number of aliphatic hydroxyl groups excluding tert-OH is 1. The van der Waals surface area contributed by atoms with Crippen LogP contribution in [0.1, 0.15) is 39.2 Å². The lowest BCUT2D eigenvalue weighted by Crippen LogP contribution is -2.33. The van der Waals surface area contributed by atoms with Crippen molar-refractivity contribution in [2.24, 2.45) is 5.92 Å². The van der Waals surface area contributed by atoms with Crippen LogP contribution in [0.2, 0.25) is 0 Å². The Morgan fingerprint density at radius 2 is 2.00 bits per heavy atom. The first-order valence-corrected chi connectivity index (χ1v) is 8.55. The quantitative estimate of drug-likeness (QED) is 0.791. The summed E-state index contributed by atoms with van der Waals surface area (Å²) in [7, 11) is -3.53. The normalized spacial score (nSPS) is 12.8. The lowest BCUT2D eigenvalue weighted by atomic mass is 10.1. The van der Waals surface area contributed by atoms with Crippen molar-refractivity contribution in [1.29, 1.82) is 0 Å². The highest BCUT2D eigenvalue weighted by molar-refractivity contribution is 7.89. The molecule has 0 saturated carbocycles. The van der Waals surface area contributed by atoms with Crippen LogP contribution < -0.4 is 4.72 Å². The number of rotatable bonds is 6. The monoisotopic (exact) mass is 309 g/mol. The van der Waals surface area contributed by atoms with Gasteiger partial charge in [-0.25, -0.2) is 13.1 Å². The minimum Gasteiger partial charge on any atom is -0.395 e. The third kappa shape index (κ3) is 6.30. The zero-order valence-electron chi connectivity index (χ0n) is 12.8. The zero-order valence-corrected chi connectivity index (χ0v) is 13.6. The highest BCUT2D eigenvalue weighted by Crippen LogP contribution is 2.13. The average Bonchev–Trinajstić information content (AvgIpc) is 2.37. The predicted molar refractivity (Wildman–Crippen MR) is 84.3 cm³/mol. The first kappa shape index (κ1) is 17.7. The van der Waals surface area contributed by atoms with Crippen molar-refractivity contribution < 1.29 is 13.5 Å². The van der Waals surface area contributed by atoms with Gasteiger partial charge in [-0.05, 0) is 37.5 Å². The minimum absolute atomic E-state index is 0.000732. The summed E-state index contributed by atoms with van der Waals surface area (Å²) in [6.07, 6.45) is 1.16. The number of hydrogen-bond donors (Lipinski definition) is 2. The SMILES string of the molecule is CC(C)CC(C)NS(=O)(=O)c1cccc(C#CCCO)c1. The second-order valence-corrected chi connectivity index (χ2v) is 7.17. The summed E-state index contributed by atoms with van der Waals surface area (Å²) in [6, 6.07) is 6.42. The molecule has 4 nitrogen and oxygen atoms in total. The molecule has 0 spiro atoms. The molecular weight excluding hydrogens is 286 g/mol. The number of hydrogen-bond acceptors (Lipinski definition) is 3. The molecule has 0 aliphatic rings. The maximum Gasteiger partial charge on any atom is 0.240 e. The molecule has 0 radical (unpaired) electrons. The highest BCUT2D eigenvalue weighted by Gasteiger charge is 2.18. The Bertz CT molecular complexity index is 612. The second-order valence-electron chi connectivity index (χ2n) is 5.46. The molecule has 0 amide bonds. The fourth-order valence-electron chi connectivity index (χ4n) is 2.05. The van der Waals surface area contributed by atoms with Crippen molar-refractivity contribution in [2.45, 2.75) is 44.6 Å². The Hall–Kier alpha value is -1.35. The van der Waals surface area contributed by atoms with Gasteiger partial charge in [-0.3, -0.25) is 0 Å². The van der Waals surface area contributed by atoms with Crippen LogP contribution in [0.25, 0.3) is 0 Å². The fraction of sp³-hybridized carbons (Fsp3) is 0.500. The highest BCUT2D eigenvalue weighted by atomic mass is 32.2. The molecule has 5 heteroatoms. The molecule has 2 N–H and O–H groups in total. The van der Waals surface area contributed by atoms with E-state index in [1.165, 1.54) is 0 Å². The Balaban J connectivity index is 2.89. The third-order valence-electron chi connectivity index (χ3n) is 2.80. The number of sulfonamides is 1. The van der Waals surface area contributed by atoms with Gasteiger partial charge in [0.2, 0.25) is 10.0 Å². The van der Waals surface area contributed by atoms with Gasteiger partial charge in [0, 0.05) is 18.0 Å². The standard InChI is InChI=1S/C16H23NO3S/c1-13(2)11-14(3)17-21(19,20)16-9-6-8-15(12-16)7-4-5-10-18/h6,8-9,12-14,17-18H,5,10-11H2,1-3H3. The summed E-state index contributed by atoms with van der Waals surface area (Å²) in [5.41, 5.74) is 0.628. The van der Waals surface area contributed by atoms with Crippen LogP contribution in [0.3, 0.4) is 0 Å². The van der Waals surface area contributed by atoms with Crippen LogP contribution in [-0.2, 0) is 10.0 Å². The van der Waals surface area contributed by atoms with E-state index < -0.39 is 10.0 Å². The van der Waals surface area contributed by atoms with E-state index in [0.29, 0.717) is 17.9 Å². The smallest absolute Gasteiger partial charge is 0.240 e. The molecule has 1 unspecified atom stereocenters. The van der Waals surface area contributed by atoms with E-state index in [1.807, 2.05) is 6.92 Å². The van der Waals surface area contributed by atoms with E-state index in [9.17, 15) is 8.42 Å². The number of benzene rings is 1. The van der Waals surface area contributed by atoms with Crippen LogP contribution in [0.4, 0.5) is 0 Å². The van der Waals surface area contributed by atoms with Crippen molar-refractivity contribution >= 4 is 10.0 Å². The van der Waals surface area contributed by atoms with Gasteiger partial charge < -0.3 is 5.11 Å². The third-order valence-corrected chi connectivity index (χ3v) is 4.38. The van der Waals surface area contributed by atoms with Crippen LogP contribution in [-0.4, -0.2) is 26.2 Å². The first-order chi connectivity index (χ1) is 9.85. The minimum atomic E-state index is -3.53. The maximum absolute atomic E-state index is 12.3. The summed E-state index contributed by atoms with van der Waals surface area (Å²) in [5.74, 6) is 6.05. The van der Waals surface area contributed by atoms with E-state index >= 15 is 0 Å². The van der Waals surface area contributed by atoms with Crippen LogP contribution in [0, 0.1) is 17.8 Å². The molecule has 0 bridgehead atoms. The first-order valence-electron chi connectivity index (χ1n) is 7.07. The summed E-state index contributed by atoms with van der Waals surface area (Å²) in [6.45, 7) is 5.98. The van der Waals surface area contributed by atoms with E-state index in [4.69, 9.17) is 5.11 Å². The second kappa shape index (κ2) is 8.18. The summed E-state index contributed by atoms with van der Waals surface area (Å²) < 4.78 is 27.3. The van der Waals surface area contributed by atoms with Crippen molar-refractivity contribution in [2.75, 3.05) is 6.61 Å². The molecule has 1 rings (SSSR count). The van der Waals surface area contributed by atoms with Gasteiger partial charge >= 0.3 is 0 Å². The van der Waals surface area contributed by atoms with Crippen molar-refractivity contribution in [3.63, 3.8) is 0 Å². The molecule has 0 aromatic heterocycles. The molecule has 1 aromatic carbocycles. The molecule has 0 aliphatic heterocycles. The number of nitrogens with one attached hydrogen (secondary N) is 1. The van der Waals surface area contributed by atoms with Gasteiger partial charge in [0.15, 0.2) is 0 Å². The molecule has 21 heavy (non-hydrogen) atoms. The van der Waals surface area contributed by atoms with Gasteiger partial charge in [0.05, 0.1) is 11.5 Å². The molecule has 0 heterocycles. The Labute approximate surface area is 127 Å². The molecule has 1 aromatic rings. The maximum atomic E-state index is 12.3. The van der Waals surface area contributed by atoms with Crippen LogP contribution in [0.15, 0.2) is 29.2 Å². The van der Waals surface area contributed by atoms with Crippen molar-refractivity contribution in [3.8, 4) is 11.8 Å². The molecule has 0 saturated heterocycles. The molecule has 116 valence electrons. The lowest BCUT2D eigenvalue weighted by molar-refractivity contribution is 0.305. The van der Waals surface area contributed by atoms with Crippen molar-refractivity contribution in [1.82, 2.24) is 4.72 Å². The molecule has 0 aliphatic carbocycles. The largest absolute Gasteiger partial charge is 0.395 e. The lowest BCUT2D eigenvalue weighted by Gasteiger charge is -2.16. The van der Waals surface area contributed by atoms with E-state index in [-0.39, 0.29) is 17.5 Å². The summed E-state index contributed by atoms with van der Waals surface area (Å²) in [5, 5.41) is 8.69. The van der Waals surface area contributed by atoms with Crippen molar-refractivity contribution in [3.05, 3.63) is 29.8 Å². The Morgan fingerprint density at radius 1 is 1.29 bits per heavy atom. The number of aliphatic hydroxyl groups is 1. The Kier molecular flexibility index (Phi) is 6.90. The predicted octanol–water partition coefficient (Wildman–Crippen LogP) is 2.13. The zero-order chi connectivity index (χ0) is 15.9. The topological polar surface area (TPSA) is 66.4 Å². The summed E-state index contributed by atoms with van der Waals surface area (Å²) in [4.78, 5) is 0.217. The molecule has 1 atom stereocenters. The van der Waals surface area contributed by atoms with E-state index in [1.54, 1.807) is 24.3 Å². The Morgan fingerprint density at radius 3 is 2.62 bits per heavy atom. The molecular formula is C16H23NO3S. The van der Waals surface area contributed by atoms with Crippen LogP contribution >= 0.6 is 0 Å². The van der Waals surface area contributed by atoms with E-state index in [0.717, 1.165) is 6.42 Å². The van der Waals surface area contributed by atoms with Crippen LogP contribution in [0.5, 0.6) is 0 Å². The average molecular weight is 309 g/mol. The van der Waals surface area contributed by atoms with E-state index in [2.05, 4.69) is 30.4 Å². The van der Waals surface area contributed by atoms with Gasteiger partial charge in [-0.2, -0.15) is 0 Å².